The van der Waals surface area contributed by atoms with Gasteiger partial charge in [-0.25, -0.2) is 14.3 Å². The molecule has 0 bridgehead atoms. The summed E-state index contributed by atoms with van der Waals surface area (Å²) in [7, 11) is 4.40. The number of nitrogens with one attached hydrogen (secondary N) is 2. The van der Waals surface area contributed by atoms with Crippen LogP contribution in [0.2, 0.25) is 0 Å². The fraction of sp³-hybridized carbons (Fsp3) is 0.156. The highest BCUT2D eigenvalue weighted by Gasteiger charge is 2.23. The topological polar surface area (TPSA) is 133 Å². The van der Waals surface area contributed by atoms with Crippen molar-refractivity contribution in [3.8, 4) is 22.8 Å². The first-order chi connectivity index (χ1) is 20.9. The Morgan fingerprint density at radius 2 is 1.58 bits per heavy atom. The second-order valence-electron chi connectivity index (χ2n) is 9.47. The van der Waals surface area contributed by atoms with Crippen LogP contribution in [0.3, 0.4) is 0 Å². The van der Waals surface area contributed by atoms with Gasteiger partial charge in [-0.15, -0.1) is 0 Å². The van der Waals surface area contributed by atoms with Crippen LogP contribution < -0.4 is 20.1 Å². The number of ether oxygens (including phenoxy) is 3. The molecule has 0 aliphatic heterocycles. The van der Waals surface area contributed by atoms with Crippen LogP contribution in [-0.4, -0.2) is 59.8 Å². The van der Waals surface area contributed by atoms with E-state index in [9.17, 15) is 14.4 Å². The molecule has 3 aromatic carbocycles. The number of fused-ring (bicyclic) bond motifs is 1. The van der Waals surface area contributed by atoms with E-state index in [1.165, 1.54) is 7.11 Å². The summed E-state index contributed by atoms with van der Waals surface area (Å²) in [6.07, 6.45) is 1.92. The molecule has 11 nitrogen and oxygen atoms in total. The van der Waals surface area contributed by atoms with Crippen LogP contribution in [0.1, 0.15) is 26.4 Å². The fourth-order valence-electron chi connectivity index (χ4n) is 4.55. The molecule has 11 heteroatoms. The molecular formula is C32H29N5O6. The Morgan fingerprint density at radius 1 is 0.837 bits per heavy atom. The summed E-state index contributed by atoms with van der Waals surface area (Å²) in [5, 5.41) is 10.0. The maximum atomic E-state index is 13.1. The smallest absolute Gasteiger partial charge is 0.328 e. The monoisotopic (exact) mass is 579 g/mol. The normalized spacial score (nSPS) is 11.4. The summed E-state index contributed by atoms with van der Waals surface area (Å²) in [5.41, 5.74) is 3.81. The molecule has 0 aliphatic rings. The van der Waals surface area contributed by atoms with E-state index in [4.69, 9.17) is 14.2 Å². The molecule has 0 spiro atoms. The van der Waals surface area contributed by atoms with Crippen molar-refractivity contribution in [1.82, 2.24) is 19.9 Å². The van der Waals surface area contributed by atoms with E-state index >= 15 is 0 Å². The van der Waals surface area contributed by atoms with Gasteiger partial charge in [-0.1, -0.05) is 30.3 Å². The van der Waals surface area contributed by atoms with Gasteiger partial charge in [0.25, 0.3) is 11.8 Å². The van der Waals surface area contributed by atoms with Crippen molar-refractivity contribution < 1.29 is 28.6 Å². The lowest BCUT2D eigenvalue weighted by Crippen LogP contribution is -2.43. The number of amides is 2. The Kier molecular flexibility index (Phi) is 8.61. The van der Waals surface area contributed by atoms with E-state index in [0.29, 0.717) is 34.1 Å². The summed E-state index contributed by atoms with van der Waals surface area (Å²) in [6.45, 7) is 0. The highest BCUT2D eigenvalue weighted by molar-refractivity contribution is 6.04. The van der Waals surface area contributed by atoms with Gasteiger partial charge >= 0.3 is 5.97 Å². The van der Waals surface area contributed by atoms with Crippen LogP contribution in [0.5, 0.6) is 11.5 Å². The minimum absolute atomic E-state index is 0.157. The molecule has 0 aliphatic carbocycles. The second-order valence-corrected chi connectivity index (χ2v) is 9.47. The molecule has 2 N–H and O–H groups in total. The van der Waals surface area contributed by atoms with E-state index in [-0.39, 0.29) is 12.1 Å². The second kappa shape index (κ2) is 12.9. The van der Waals surface area contributed by atoms with Crippen molar-refractivity contribution in [3.63, 3.8) is 0 Å². The third-order valence-corrected chi connectivity index (χ3v) is 6.75. The molecule has 5 rings (SSSR count). The number of rotatable bonds is 10. The molecule has 0 saturated carbocycles. The molecular weight excluding hydrogens is 550 g/mol. The van der Waals surface area contributed by atoms with E-state index in [2.05, 4.69) is 20.7 Å². The highest BCUT2D eigenvalue weighted by atomic mass is 16.5. The van der Waals surface area contributed by atoms with Gasteiger partial charge in [0, 0.05) is 35.5 Å². The van der Waals surface area contributed by atoms with E-state index < -0.39 is 23.8 Å². The maximum Gasteiger partial charge on any atom is 0.328 e. The van der Waals surface area contributed by atoms with Gasteiger partial charge in [0.15, 0.2) is 22.8 Å². The molecule has 5 aromatic rings. The molecule has 2 amide bonds. The lowest BCUT2D eigenvalue weighted by Gasteiger charge is -2.17. The van der Waals surface area contributed by atoms with Gasteiger partial charge in [0.2, 0.25) is 0 Å². The standard InChI is InChI=1S/C32H29N5O6/c1-41-27-14-11-22(18-28(27)42-2)26-15-16-33-29-19-24(36-37(26)29)31(39)34-23-12-9-21(10-13-23)30(38)35-25(32(40)43-3)17-20-7-5-4-6-8-20/h4-16,18-19,25H,17H2,1-3H3,(H,34,39)(H,35,38)/t25-/m0/s1. The lowest BCUT2D eigenvalue weighted by atomic mass is 10.1. The number of aromatic nitrogens is 3. The number of nitrogens with zero attached hydrogens (tertiary/aromatic N) is 3. The van der Waals surface area contributed by atoms with Crippen LogP contribution in [0, 0.1) is 0 Å². The summed E-state index contributed by atoms with van der Waals surface area (Å²) in [5.74, 6) is -0.287. The number of carbonyl (C=O) groups is 3. The van der Waals surface area contributed by atoms with Crippen LogP contribution in [0.25, 0.3) is 16.9 Å². The van der Waals surface area contributed by atoms with Crippen molar-refractivity contribution >= 4 is 29.1 Å². The van der Waals surface area contributed by atoms with E-state index in [1.807, 2.05) is 42.5 Å². The number of carbonyl (C=O) groups excluding carboxylic acids is 3. The third kappa shape index (κ3) is 6.46. The molecule has 0 fully saturated rings. The Morgan fingerprint density at radius 3 is 2.28 bits per heavy atom. The number of methoxy groups -OCH3 is 3. The van der Waals surface area contributed by atoms with Gasteiger partial charge in [0.1, 0.15) is 6.04 Å². The predicted molar refractivity (Wildman–Crippen MR) is 159 cm³/mol. The molecule has 218 valence electrons. The van der Waals surface area contributed by atoms with Gasteiger partial charge in [0.05, 0.1) is 27.0 Å². The Bertz CT molecular complexity index is 1770. The van der Waals surface area contributed by atoms with Crippen molar-refractivity contribution in [2.75, 3.05) is 26.6 Å². The van der Waals surface area contributed by atoms with Gasteiger partial charge in [-0.05, 0) is 54.1 Å². The minimum Gasteiger partial charge on any atom is -0.493 e. The molecule has 43 heavy (non-hydrogen) atoms. The zero-order chi connectivity index (χ0) is 30.3. The van der Waals surface area contributed by atoms with Crippen LogP contribution in [0.4, 0.5) is 5.69 Å². The molecule has 2 aromatic heterocycles. The van der Waals surface area contributed by atoms with E-state index in [0.717, 1.165) is 11.1 Å². The van der Waals surface area contributed by atoms with Crippen LogP contribution in [-0.2, 0) is 16.0 Å². The number of anilines is 1. The zero-order valence-corrected chi connectivity index (χ0v) is 23.7. The first kappa shape index (κ1) is 28.8. The number of hydrogen-bond acceptors (Lipinski definition) is 8. The largest absolute Gasteiger partial charge is 0.493 e. The minimum atomic E-state index is -0.855. The molecule has 0 saturated heterocycles. The number of esters is 1. The van der Waals surface area contributed by atoms with Gasteiger partial charge in [-0.2, -0.15) is 5.10 Å². The Balaban J connectivity index is 1.29. The first-order valence-electron chi connectivity index (χ1n) is 13.3. The summed E-state index contributed by atoms with van der Waals surface area (Å²) in [6, 6.07) is 23.6. The van der Waals surface area contributed by atoms with Crippen molar-refractivity contribution in [1.29, 1.82) is 0 Å². The lowest BCUT2D eigenvalue weighted by molar-refractivity contribution is -0.142. The highest BCUT2D eigenvalue weighted by Crippen LogP contribution is 2.32. The van der Waals surface area contributed by atoms with Crippen molar-refractivity contribution in [3.05, 3.63) is 108 Å². The maximum absolute atomic E-state index is 13.1. The van der Waals surface area contributed by atoms with Crippen LogP contribution in [0.15, 0.2) is 91.1 Å². The summed E-state index contributed by atoms with van der Waals surface area (Å²) < 4.78 is 17.2. The Labute approximate surface area is 247 Å². The van der Waals surface area contributed by atoms with Gasteiger partial charge < -0.3 is 24.8 Å². The average Bonchev–Trinajstić information content (AvgIpc) is 3.49. The predicted octanol–water partition coefficient (Wildman–Crippen LogP) is 4.18. The van der Waals surface area contributed by atoms with Crippen molar-refractivity contribution in [2.45, 2.75) is 12.5 Å². The first-order valence-corrected chi connectivity index (χ1v) is 13.3. The Hall–Kier alpha value is -5.71. The average molecular weight is 580 g/mol. The van der Waals surface area contributed by atoms with E-state index in [1.54, 1.807) is 67.4 Å². The number of hydrogen-bond donors (Lipinski definition) is 2. The SMILES string of the molecule is COC(=O)[C@H](Cc1ccccc1)NC(=O)c1ccc(NC(=O)c2cc3nccc(-c4ccc(OC)c(OC)c4)n3n2)cc1. The summed E-state index contributed by atoms with van der Waals surface area (Å²) >= 11 is 0. The van der Waals surface area contributed by atoms with Crippen molar-refractivity contribution in [2.24, 2.45) is 0 Å². The zero-order valence-electron chi connectivity index (χ0n) is 23.7. The van der Waals surface area contributed by atoms with Gasteiger partial charge in [-0.3, -0.25) is 9.59 Å². The van der Waals surface area contributed by atoms with Crippen LogP contribution >= 0.6 is 0 Å². The molecule has 1 atom stereocenters. The summed E-state index contributed by atoms with van der Waals surface area (Å²) in [4.78, 5) is 42.6. The fourth-order valence-corrected chi connectivity index (χ4v) is 4.55. The molecule has 2 heterocycles. The quantitative estimate of drug-likeness (QED) is 0.236. The number of benzene rings is 3. The molecule has 0 unspecified atom stereocenters. The molecule has 0 radical (unpaired) electrons. The third-order valence-electron chi connectivity index (χ3n) is 6.75.